The van der Waals surface area contributed by atoms with Crippen molar-refractivity contribution in [3.63, 3.8) is 0 Å². The van der Waals surface area contributed by atoms with Crippen molar-refractivity contribution < 1.29 is 4.74 Å². The fourth-order valence-corrected chi connectivity index (χ4v) is 3.68. The van der Waals surface area contributed by atoms with Gasteiger partial charge >= 0.3 is 0 Å². The molecule has 23 heavy (non-hydrogen) atoms. The average molecular weight is 307 g/mol. The van der Waals surface area contributed by atoms with E-state index < -0.39 is 0 Å². The number of rotatable bonds is 3. The lowest BCUT2D eigenvalue weighted by atomic mass is 9.95. The Hall–Kier alpha value is -2.47. The van der Waals surface area contributed by atoms with E-state index in [9.17, 15) is 0 Å². The fourth-order valence-electron chi connectivity index (χ4n) is 3.68. The average Bonchev–Trinajstić information content (AvgIpc) is 3.31. The van der Waals surface area contributed by atoms with Crippen molar-refractivity contribution in [2.75, 3.05) is 5.32 Å². The number of nitrogens with zero attached hydrogens (tertiary/aromatic N) is 4. The Morgan fingerprint density at radius 3 is 2.83 bits per heavy atom. The van der Waals surface area contributed by atoms with E-state index in [4.69, 9.17) is 4.74 Å². The maximum atomic E-state index is 5.92. The van der Waals surface area contributed by atoms with Gasteiger partial charge in [0.1, 0.15) is 12.1 Å². The molecule has 0 spiro atoms. The molecule has 2 aliphatic heterocycles. The second-order valence-corrected chi connectivity index (χ2v) is 6.21. The van der Waals surface area contributed by atoms with Gasteiger partial charge in [0.25, 0.3) is 0 Å². The summed E-state index contributed by atoms with van der Waals surface area (Å²) in [5.41, 5.74) is 1.81. The van der Waals surface area contributed by atoms with Crippen LogP contribution in [0.25, 0.3) is 16.7 Å². The Morgan fingerprint density at radius 2 is 2.04 bits per heavy atom. The van der Waals surface area contributed by atoms with E-state index in [0.717, 1.165) is 35.4 Å². The summed E-state index contributed by atoms with van der Waals surface area (Å²) in [5, 5.41) is 8.99. The quantitative estimate of drug-likeness (QED) is 0.805. The number of anilines is 1. The fraction of sp³-hybridized carbons (Fsp3) is 0.353. The lowest BCUT2D eigenvalue weighted by Gasteiger charge is -2.20. The Bertz CT molecular complexity index is 847. The lowest BCUT2D eigenvalue weighted by molar-refractivity contribution is 0.102. The molecule has 6 heteroatoms. The predicted octanol–water partition coefficient (Wildman–Crippen LogP) is 2.55. The first-order valence-corrected chi connectivity index (χ1v) is 8.04. The maximum Gasteiger partial charge on any atom is 0.168 e. The highest BCUT2D eigenvalue weighted by Gasteiger charge is 2.41. The van der Waals surface area contributed by atoms with Gasteiger partial charge in [-0.1, -0.05) is 18.2 Å². The largest absolute Gasteiger partial charge is 0.373 e. The van der Waals surface area contributed by atoms with Gasteiger partial charge in [-0.2, -0.15) is 5.10 Å². The summed E-state index contributed by atoms with van der Waals surface area (Å²) in [6, 6.07) is 10.4. The Labute approximate surface area is 133 Å². The van der Waals surface area contributed by atoms with Crippen molar-refractivity contribution in [2.24, 2.45) is 0 Å². The minimum atomic E-state index is 0.314. The molecule has 1 N–H and O–H groups in total. The van der Waals surface area contributed by atoms with Crippen LogP contribution in [0.15, 0.2) is 42.9 Å². The number of ether oxygens (including phenoxy) is 1. The molecule has 0 amide bonds. The normalized spacial score (nSPS) is 26.0. The molecule has 3 aromatic rings. The van der Waals surface area contributed by atoms with Crippen molar-refractivity contribution in [3.05, 3.63) is 42.9 Å². The van der Waals surface area contributed by atoms with Crippen LogP contribution in [0.3, 0.4) is 0 Å². The van der Waals surface area contributed by atoms with Crippen molar-refractivity contribution in [1.29, 1.82) is 0 Å². The summed E-state index contributed by atoms with van der Waals surface area (Å²) in [6.45, 7) is 0. The summed E-state index contributed by atoms with van der Waals surface area (Å²) >= 11 is 0. The number of hydrogen-bond donors (Lipinski definition) is 1. The van der Waals surface area contributed by atoms with Crippen LogP contribution in [0.5, 0.6) is 0 Å². The predicted molar refractivity (Wildman–Crippen MR) is 86.6 cm³/mol. The molecule has 2 fully saturated rings. The van der Waals surface area contributed by atoms with Gasteiger partial charge in [-0.3, -0.25) is 0 Å². The van der Waals surface area contributed by atoms with Crippen molar-refractivity contribution >= 4 is 16.9 Å². The minimum Gasteiger partial charge on any atom is -0.373 e. The molecule has 3 atom stereocenters. The first-order valence-electron chi connectivity index (χ1n) is 8.04. The first-order chi connectivity index (χ1) is 11.4. The van der Waals surface area contributed by atoms with Gasteiger partial charge in [0.05, 0.1) is 35.5 Å². The maximum absolute atomic E-state index is 5.92. The van der Waals surface area contributed by atoms with Gasteiger partial charge in [-0.15, -0.1) is 0 Å². The van der Waals surface area contributed by atoms with Gasteiger partial charge in [-0.05, 0) is 31.4 Å². The van der Waals surface area contributed by atoms with Crippen molar-refractivity contribution in [1.82, 2.24) is 19.7 Å². The summed E-state index contributed by atoms with van der Waals surface area (Å²) in [7, 11) is 0. The molecule has 0 saturated carbocycles. The molecule has 5 rings (SSSR count). The zero-order valence-corrected chi connectivity index (χ0v) is 12.6. The number of nitrogens with one attached hydrogen (secondary N) is 1. The topological polar surface area (TPSA) is 64.9 Å². The van der Waals surface area contributed by atoms with Gasteiger partial charge < -0.3 is 10.1 Å². The van der Waals surface area contributed by atoms with E-state index in [1.807, 2.05) is 41.2 Å². The summed E-state index contributed by atoms with van der Waals surface area (Å²) < 4.78 is 7.76. The van der Waals surface area contributed by atoms with E-state index >= 15 is 0 Å². The zero-order chi connectivity index (χ0) is 15.2. The van der Waals surface area contributed by atoms with Crippen LogP contribution < -0.4 is 5.32 Å². The van der Waals surface area contributed by atoms with Gasteiger partial charge in [-0.25, -0.2) is 14.6 Å². The Kier molecular flexibility index (Phi) is 2.84. The van der Waals surface area contributed by atoms with Gasteiger partial charge in [0, 0.05) is 0 Å². The third-order valence-corrected chi connectivity index (χ3v) is 4.79. The van der Waals surface area contributed by atoms with Crippen LogP contribution in [0.1, 0.15) is 19.3 Å². The van der Waals surface area contributed by atoms with Crippen molar-refractivity contribution in [3.8, 4) is 5.69 Å². The molecule has 1 aromatic carbocycles. The summed E-state index contributed by atoms with van der Waals surface area (Å²) in [4.78, 5) is 8.85. The molecule has 116 valence electrons. The second-order valence-electron chi connectivity index (χ2n) is 6.21. The number of fused-ring (bicyclic) bond motifs is 3. The number of benzene rings is 1. The highest BCUT2D eigenvalue weighted by molar-refractivity contribution is 5.87. The molecule has 4 heterocycles. The minimum absolute atomic E-state index is 0.314. The molecule has 0 aliphatic carbocycles. The van der Waals surface area contributed by atoms with E-state index in [0.29, 0.717) is 18.2 Å². The second kappa shape index (κ2) is 5.03. The van der Waals surface area contributed by atoms with Crippen LogP contribution in [-0.4, -0.2) is 38.0 Å². The van der Waals surface area contributed by atoms with Crippen LogP contribution in [0.4, 0.5) is 5.82 Å². The van der Waals surface area contributed by atoms with E-state index in [2.05, 4.69) is 20.4 Å². The zero-order valence-electron chi connectivity index (χ0n) is 12.6. The molecule has 0 radical (unpaired) electrons. The third-order valence-electron chi connectivity index (χ3n) is 4.79. The highest BCUT2D eigenvalue weighted by atomic mass is 16.5. The molecule has 2 saturated heterocycles. The van der Waals surface area contributed by atoms with Gasteiger partial charge in [0.15, 0.2) is 5.65 Å². The monoisotopic (exact) mass is 307 g/mol. The Balaban J connectivity index is 1.52. The standard InChI is InChI=1S/C17H17N5O/c1-2-4-11(5-3-1)22-17-13(9-20-22)16(18-10-19-17)21-14-8-12-6-7-15(14)23-12/h1-5,9-10,12,14-15H,6-8H2,(H,18,19,21)/t12-,14-,15-/m0/s1. The lowest BCUT2D eigenvalue weighted by Crippen LogP contribution is -2.30. The summed E-state index contributed by atoms with van der Waals surface area (Å²) in [6.07, 6.45) is 7.55. The molecular weight excluding hydrogens is 290 g/mol. The van der Waals surface area contributed by atoms with Crippen molar-refractivity contribution in [2.45, 2.75) is 37.5 Å². The molecule has 2 bridgehead atoms. The number of hydrogen-bond acceptors (Lipinski definition) is 5. The van der Waals surface area contributed by atoms with Gasteiger partial charge in [0.2, 0.25) is 0 Å². The van der Waals surface area contributed by atoms with Crippen LogP contribution in [0, 0.1) is 0 Å². The highest BCUT2D eigenvalue weighted by Crippen LogP contribution is 2.36. The number of para-hydroxylation sites is 1. The molecule has 6 nitrogen and oxygen atoms in total. The van der Waals surface area contributed by atoms with E-state index in [-0.39, 0.29) is 0 Å². The molecule has 0 unspecified atom stereocenters. The van der Waals surface area contributed by atoms with Crippen LogP contribution in [-0.2, 0) is 4.74 Å². The van der Waals surface area contributed by atoms with Crippen LogP contribution in [0.2, 0.25) is 0 Å². The molecule has 2 aliphatic rings. The van der Waals surface area contributed by atoms with E-state index in [1.165, 1.54) is 6.42 Å². The molecule has 2 aromatic heterocycles. The van der Waals surface area contributed by atoms with E-state index in [1.54, 1.807) is 6.33 Å². The smallest absolute Gasteiger partial charge is 0.168 e. The van der Waals surface area contributed by atoms with Crippen LogP contribution >= 0.6 is 0 Å². The number of aromatic nitrogens is 4. The SMILES string of the molecule is c1ccc(-n2ncc3c(N[C@H]4C[C@@H]5CC[C@@H]4O5)ncnc32)cc1. The summed E-state index contributed by atoms with van der Waals surface area (Å²) in [5.74, 6) is 0.846. The Morgan fingerprint density at radius 1 is 1.13 bits per heavy atom. The third kappa shape index (κ3) is 2.09. The first kappa shape index (κ1) is 13.0. The molecular formula is C17H17N5O.